The lowest BCUT2D eigenvalue weighted by Gasteiger charge is -2.38. The molecule has 0 atom stereocenters. The van der Waals surface area contributed by atoms with E-state index < -0.39 is 0 Å². The van der Waals surface area contributed by atoms with Crippen molar-refractivity contribution >= 4 is 0 Å². The molecule has 1 aromatic rings. The van der Waals surface area contributed by atoms with Crippen molar-refractivity contribution in [2.24, 2.45) is 0 Å². The van der Waals surface area contributed by atoms with Crippen molar-refractivity contribution in [3.05, 3.63) is 29.8 Å². The lowest BCUT2D eigenvalue weighted by atomic mass is 10.1. The van der Waals surface area contributed by atoms with E-state index in [1.165, 1.54) is 57.4 Å². The molecular formula is C17H26N2O. The number of rotatable bonds is 4. The fourth-order valence-electron chi connectivity index (χ4n) is 3.59. The van der Waals surface area contributed by atoms with E-state index in [4.69, 9.17) is 4.74 Å². The summed E-state index contributed by atoms with van der Waals surface area (Å²) in [7, 11) is 1.74. The molecule has 2 aliphatic rings. The highest BCUT2D eigenvalue weighted by Gasteiger charge is 2.25. The molecule has 1 aromatic carbocycles. The summed E-state index contributed by atoms with van der Waals surface area (Å²) in [6.45, 7) is 5.94. The predicted molar refractivity (Wildman–Crippen MR) is 82.1 cm³/mol. The minimum atomic E-state index is 0.883. The Bertz CT molecular complexity index is 421. The van der Waals surface area contributed by atoms with Crippen molar-refractivity contribution in [3.63, 3.8) is 0 Å². The van der Waals surface area contributed by atoms with Gasteiger partial charge in [0.1, 0.15) is 5.75 Å². The molecule has 3 nitrogen and oxygen atoms in total. The van der Waals surface area contributed by atoms with Crippen molar-refractivity contribution < 1.29 is 4.74 Å². The predicted octanol–water partition coefficient (Wildman–Crippen LogP) is 2.76. The van der Waals surface area contributed by atoms with Gasteiger partial charge in [-0.05, 0) is 30.5 Å². The topological polar surface area (TPSA) is 15.7 Å². The molecule has 1 saturated heterocycles. The third-order valence-corrected chi connectivity index (χ3v) is 4.79. The molecule has 0 spiro atoms. The third kappa shape index (κ3) is 3.33. The molecule has 0 radical (unpaired) electrons. The van der Waals surface area contributed by atoms with Crippen LogP contribution in [-0.4, -0.2) is 49.1 Å². The maximum Gasteiger partial charge on any atom is 0.119 e. The molecule has 1 aliphatic heterocycles. The molecule has 3 heteroatoms. The number of nitrogens with zero attached hydrogens (tertiary/aromatic N) is 2. The Morgan fingerprint density at radius 3 is 2.55 bits per heavy atom. The van der Waals surface area contributed by atoms with Gasteiger partial charge in [0.25, 0.3) is 0 Å². The van der Waals surface area contributed by atoms with Crippen molar-refractivity contribution in [3.8, 4) is 5.75 Å². The molecule has 1 aliphatic carbocycles. The maximum absolute atomic E-state index is 5.30. The van der Waals surface area contributed by atoms with Crippen LogP contribution in [0.5, 0.6) is 5.75 Å². The summed E-state index contributed by atoms with van der Waals surface area (Å²) in [5.74, 6) is 0.965. The van der Waals surface area contributed by atoms with Gasteiger partial charge >= 0.3 is 0 Å². The first kappa shape index (κ1) is 13.9. The van der Waals surface area contributed by atoms with Gasteiger partial charge in [-0.2, -0.15) is 0 Å². The summed E-state index contributed by atoms with van der Waals surface area (Å²) in [5, 5.41) is 0. The minimum Gasteiger partial charge on any atom is -0.497 e. The first-order valence-corrected chi connectivity index (χ1v) is 7.94. The lowest BCUT2D eigenvalue weighted by Crippen LogP contribution is -2.49. The third-order valence-electron chi connectivity index (χ3n) is 4.79. The number of piperazine rings is 1. The molecule has 0 bridgehead atoms. The highest BCUT2D eigenvalue weighted by molar-refractivity contribution is 5.28. The fourth-order valence-corrected chi connectivity index (χ4v) is 3.59. The number of hydrogen-bond acceptors (Lipinski definition) is 3. The number of methoxy groups -OCH3 is 1. The Hall–Kier alpha value is -1.06. The Balaban J connectivity index is 1.50. The molecule has 1 heterocycles. The molecule has 3 rings (SSSR count). The summed E-state index contributed by atoms with van der Waals surface area (Å²) < 4.78 is 5.30. The summed E-state index contributed by atoms with van der Waals surface area (Å²) in [6, 6.07) is 9.34. The highest BCUT2D eigenvalue weighted by Crippen LogP contribution is 2.24. The molecule has 1 saturated carbocycles. The average molecular weight is 274 g/mol. The van der Waals surface area contributed by atoms with Crippen LogP contribution in [0, 0.1) is 0 Å². The summed E-state index contributed by atoms with van der Waals surface area (Å²) >= 11 is 0. The van der Waals surface area contributed by atoms with E-state index in [0.29, 0.717) is 0 Å². The second-order valence-corrected chi connectivity index (χ2v) is 6.10. The average Bonchev–Trinajstić information content (AvgIpc) is 3.02. The van der Waals surface area contributed by atoms with Crippen LogP contribution in [0.4, 0.5) is 0 Å². The SMILES string of the molecule is COc1cccc(CN2CCN(C3CCCC3)CC2)c1. The van der Waals surface area contributed by atoms with Gasteiger partial charge in [-0.15, -0.1) is 0 Å². The van der Waals surface area contributed by atoms with Crippen molar-refractivity contribution in [1.82, 2.24) is 9.80 Å². The molecule has 110 valence electrons. The van der Waals surface area contributed by atoms with Gasteiger partial charge < -0.3 is 4.74 Å². The van der Waals surface area contributed by atoms with E-state index in [2.05, 4.69) is 28.0 Å². The van der Waals surface area contributed by atoms with Crippen LogP contribution in [0.1, 0.15) is 31.2 Å². The van der Waals surface area contributed by atoms with Crippen LogP contribution >= 0.6 is 0 Å². The van der Waals surface area contributed by atoms with Gasteiger partial charge in [0.15, 0.2) is 0 Å². The molecular weight excluding hydrogens is 248 g/mol. The van der Waals surface area contributed by atoms with Crippen LogP contribution in [0.25, 0.3) is 0 Å². The van der Waals surface area contributed by atoms with E-state index in [1.807, 2.05) is 6.07 Å². The molecule has 0 aromatic heterocycles. The summed E-state index contributed by atoms with van der Waals surface area (Å²) in [6.07, 6.45) is 5.73. The summed E-state index contributed by atoms with van der Waals surface area (Å²) in [5.41, 5.74) is 1.36. The Kier molecular flexibility index (Phi) is 4.58. The van der Waals surface area contributed by atoms with E-state index in [1.54, 1.807) is 7.11 Å². The van der Waals surface area contributed by atoms with Gasteiger partial charge in [0.05, 0.1) is 7.11 Å². The normalized spacial score (nSPS) is 22.2. The Morgan fingerprint density at radius 1 is 1.10 bits per heavy atom. The highest BCUT2D eigenvalue weighted by atomic mass is 16.5. The van der Waals surface area contributed by atoms with Gasteiger partial charge in [-0.1, -0.05) is 25.0 Å². The van der Waals surface area contributed by atoms with Crippen LogP contribution in [0.3, 0.4) is 0 Å². The maximum atomic E-state index is 5.30. The lowest BCUT2D eigenvalue weighted by molar-refractivity contribution is 0.0937. The molecule has 20 heavy (non-hydrogen) atoms. The van der Waals surface area contributed by atoms with Crippen LogP contribution < -0.4 is 4.74 Å². The monoisotopic (exact) mass is 274 g/mol. The second-order valence-electron chi connectivity index (χ2n) is 6.10. The van der Waals surface area contributed by atoms with Crippen LogP contribution in [0.15, 0.2) is 24.3 Å². The molecule has 0 N–H and O–H groups in total. The van der Waals surface area contributed by atoms with E-state index >= 15 is 0 Å². The van der Waals surface area contributed by atoms with Crippen molar-refractivity contribution in [2.75, 3.05) is 33.3 Å². The van der Waals surface area contributed by atoms with Crippen LogP contribution in [0.2, 0.25) is 0 Å². The standard InChI is InChI=1S/C17H26N2O/c1-20-17-8-4-5-15(13-17)14-18-9-11-19(12-10-18)16-6-2-3-7-16/h4-5,8,13,16H,2-3,6-7,9-12,14H2,1H3. The van der Waals surface area contributed by atoms with E-state index in [9.17, 15) is 0 Å². The zero-order valence-electron chi connectivity index (χ0n) is 12.6. The van der Waals surface area contributed by atoms with E-state index in [0.717, 1.165) is 18.3 Å². The number of ether oxygens (including phenoxy) is 1. The smallest absolute Gasteiger partial charge is 0.119 e. The largest absolute Gasteiger partial charge is 0.497 e. The molecule has 0 amide bonds. The van der Waals surface area contributed by atoms with Crippen molar-refractivity contribution in [1.29, 1.82) is 0 Å². The van der Waals surface area contributed by atoms with Gasteiger partial charge in [0.2, 0.25) is 0 Å². The van der Waals surface area contributed by atoms with Gasteiger partial charge in [-0.3, -0.25) is 9.80 Å². The molecule has 2 fully saturated rings. The van der Waals surface area contributed by atoms with Crippen molar-refractivity contribution in [2.45, 2.75) is 38.3 Å². The number of hydrogen-bond donors (Lipinski definition) is 0. The first-order valence-electron chi connectivity index (χ1n) is 7.94. The zero-order valence-corrected chi connectivity index (χ0v) is 12.6. The Labute approximate surface area is 122 Å². The first-order chi connectivity index (χ1) is 9.85. The van der Waals surface area contributed by atoms with Gasteiger partial charge in [-0.25, -0.2) is 0 Å². The quantitative estimate of drug-likeness (QED) is 0.839. The Morgan fingerprint density at radius 2 is 1.85 bits per heavy atom. The minimum absolute atomic E-state index is 0.883. The van der Waals surface area contributed by atoms with E-state index in [-0.39, 0.29) is 0 Å². The number of benzene rings is 1. The fraction of sp³-hybridized carbons (Fsp3) is 0.647. The van der Waals surface area contributed by atoms with Crippen LogP contribution in [-0.2, 0) is 6.54 Å². The second kappa shape index (κ2) is 6.59. The van der Waals surface area contributed by atoms with Gasteiger partial charge in [0, 0.05) is 38.8 Å². The zero-order chi connectivity index (χ0) is 13.8. The summed E-state index contributed by atoms with van der Waals surface area (Å²) in [4.78, 5) is 5.29. The molecule has 0 unspecified atom stereocenters.